The topological polar surface area (TPSA) is 41.7 Å². The molecule has 174 valence electrons. The average molecular weight is 429 g/mol. The molecule has 3 nitrogen and oxygen atoms in total. The zero-order chi connectivity index (χ0) is 21.7. The van der Waals surface area contributed by atoms with Crippen LogP contribution in [0.25, 0.3) is 0 Å². The molecule has 6 fully saturated rings. The number of nitrogens with one attached hydrogen (secondary N) is 1. The van der Waals surface area contributed by atoms with Crippen LogP contribution < -0.4 is 4.90 Å². The molecule has 3 heteroatoms. The van der Waals surface area contributed by atoms with Crippen molar-refractivity contribution in [2.75, 3.05) is 13.1 Å². The SMILES string of the molecule is C[C@H]1CC[C@@]2(C)[C@H](C1)C(=O)C[C@H]1[C@H]3CC[C@@H]4[C@H](C[NH+]5C[C@@H](C)CC[C@@H]5[C@@]4(C)O)[C@@H]3C[C@@H]12. The lowest BCUT2D eigenvalue weighted by molar-refractivity contribution is -0.953. The van der Waals surface area contributed by atoms with Gasteiger partial charge in [-0.05, 0) is 80.5 Å². The van der Waals surface area contributed by atoms with Crippen LogP contribution in [0.4, 0.5) is 0 Å². The molecule has 6 aliphatic rings. The Hall–Kier alpha value is -0.410. The molecule has 6 rings (SSSR count). The van der Waals surface area contributed by atoms with Crippen molar-refractivity contribution in [2.24, 2.45) is 58.7 Å². The van der Waals surface area contributed by atoms with E-state index in [1.165, 1.54) is 58.0 Å². The fourth-order valence-electron chi connectivity index (χ4n) is 10.8. The van der Waals surface area contributed by atoms with Crippen molar-refractivity contribution in [3.63, 3.8) is 0 Å². The summed E-state index contributed by atoms with van der Waals surface area (Å²) in [5.41, 5.74) is -0.245. The molecule has 0 spiro atoms. The fraction of sp³-hybridized carbons (Fsp3) is 0.964. The van der Waals surface area contributed by atoms with Crippen molar-refractivity contribution in [3.8, 4) is 0 Å². The molecule has 0 radical (unpaired) electrons. The highest BCUT2D eigenvalue weighted by Gasteiger charge is 2.65. The van der Waals surface area contributed by atoms with Gasteiger partial charge in [0.05, 0.1) is 13.1 Å². The van der Waals surface area contributed by atoms with Crippen LogP contribution in [0.5, 0.6) is 0 Å². The molecular weight excluding hydrogens is 382 g/mol. The third kappa shape index (κ3) is 2.94. The zero-order valence-electron chi connectivity index (χ0n) is 20.4. The number of piperidine rings is 2. The number of carbonyl (C=O) groups is 1. The van der Waals surface area contributed by atoms with Crippen molar-refractivity contribution >= 4 is 5.78 Å². The monoisotopic (exact) mass is 428 g/mol. The second-order valence-corrected chi connectivity index (χ2v) is 13.8. The Bertz CT molecular complexity index is 747. The first-order valence-corrected chi connectivity index (χ1v) is 13.8. The summed E-state index contributed by atoms with van der Waals surface area (Å²) in [5.74, 6) is 6.55. The van der Waals surface area contributed by atoms with Crippen molar-refractivity contribution in [2.45, 2.75) is 97.1 Å². The van der Waals surface area contributed by atoms with E-state index in [1.54, 1.807) is 4.90 Å². The van der Waals surface area contributed by atoms with Gasteiger partial charge >= 0.3 is 0 Å². The predicted octanol–water partition coefficient (Wildman–Crippen LogP) is 3.74. The Labute approximate surface area is 189 Å². The molecule has 0 bridgehead atoms. The summed E-state index contributed by atoms with van der Waals surface area (Å²) >= 11 is 0. The van der Waals surface area contributed by atoms with E-state index in [0.29, 0.717) is 35.5 Å². The molecule has 0 amide bonds. The normalized spacial score (nSPS) is 60.9. The summed E-state index contributed by atoms with van der Waals surface area (Å²) < 4.78 is 0. The van der Waals surface area contributed by atoms with Gasteiger partial charge in [-0.1, -0.05) is 27.2 Å². The summed E-state index contributed by atoms with van der Waals surface area (Å²) in [7, 11) is 0. The summed E-state index contributed by atoms with van der Waals surface area (Å²) in [5, 5.41) is 11.9. The van der Waals surface area contributed by atoms with Gasteiger partial charge in [0.15, 0.2) is 0 Å². The summed E-state index contributed by atoms with van der Waals surface area (Å²) in [6.07, 6.45) is 10.9. The van der Waals surface area contributed by atoms with Crippen LogP contribution >= 0.6 is 0 Å². The van der Waals surface area contributed by atoms with Crippen molar-refractivity contribution in [1.82, 2.24) is 0 Å². The number of Topliss-reactive ketones (excluding diaryl/α,β-unsaturated/α-hetero) is 1. The van der Waals surface area contributed by atoms with E-state index in [4.69, 9.17) is 0 Å². The van der Waals surface area contributed by atoms with Crippen molar-refractivity contribution < 1.29 is 14.8 Å². The second kappa shape index (κ2) is 7.05. The molecule has 13 atom stereocenters. The molecule has 2 aliphatic heterocycles. The standard InChI is InChI=1S/C28H45NO2/c1-16-9-10-27(3)23-12-19-18(20(23)13-25(30)24(27)11-16)6-7-22-21(19)15-29-14-17(2)5-8-26(29)28(22,4)31/h16-24,26,31H,5-15H2,1-4H3/p+1/t16-,17-,18-,19+,20-,21+,22+,23-,24+,26+,27+,28-/m0/s1. The van der Waals surface area contributed by atoms with Crippen molar-refractivity contribution in [3.05, 3.63) is 0 Å². The molecule has 31 heavy (non-hydrogen) atoms. The highest BCUT2D eigenvalue weighted by molar-refractivity contribution is 5.83. The van der Waals surface area contributed by atoms with E-state index in [-0.39, 0.29) is 5.41 Å². The zero-order valence-corrected chi connectivity index (χ0v) is 20.4. The summed E-state index contributed by atoms with van der Waals surface area (Å²) in [4.78, 5) is 15.1. The summed E-state index contributed by atoms with van der Waals surface area (Å²) in [6, 6.07) is 0.452. The highest BCUT2D eigenvalue weighted by Crippen LogP contribution is 2.66. The van der Waals surface area contributed by atoms with Gasteiger partial charge in [-0.15, -0.1) is 0 Å². The lowest BCUT2D eigenvalue weighted by Crippen LogP contribution is -3.21. The Morgan fingerprint density at radius 1 is 0.839 bits per heavy atom. The number of fused-ring (bicyclic) bond motifs is 8. The van der Waals surface area contributed by atoms with Crippen LogP contribution in [0.2, 0.25) is 0 Å². The van der Waals surface area contributed by atoms with Crippen LogP contribution in [-0.2, 0) is 4.79 Å². The third-order valence-corrected chi connectivity index (χ3v) is 12.3. The largest absolute Gasteiger partial charge is 0.384 e. The van der Waals surface area contributed by atoms with Crippen LogP contribution in [0, 0.1) is 58.7 Å². The van der Waals surface area contributed by atoms with Crippen LogP contribution in [0.1, 0.15) is 85.5 Å². The van der Waals surface area contributed by atoms with Gasteiger partial charge < -0.3 is 10.0 Å². The maximum Gasteiger partial charge on any atom is 0.136 e. The number of carbonyl (C=O) groups excluding carboxylic acids is 1. The first kappa shape index (κ1) is 21.1. The second-order valence-electron chi connectivity index (χ2n) is 13.8. The van der Waals surface area contributed by atoms with E-state index in [1.807, 2.05) is 0 Å². The molecule has 2 saturated heterocycles. The maximum atomic E-state index is 13.4. The van der Waals surface area contributed by atoms with E-state index < -0.39 is 5.60 Å². The third-order valence-electron chi connectivity index (χ3n) is 12.3. The van der Waals surface area contributed by atoms with Gasteiger partial charge in [-0.3, -0.25) is 4.79 Å². The molecule has 0 aromatic carbocycles. The Morgan fingerprint density at radius 3 is 2.45 bits per heavy atom. The van der Waals surface area contributed by atoms with Gasteiger partial charge in [0.25, 0.3) is 0 Å². The van der Waals surface area contributed by atoms with Crippen LogP contribution in [0.15, 0.2) is 0 Å². The smallest absolute Gasteiger partial charge is 0.136 e. The number of ketones is 1. The fourth-order valence-corrected chi connectivity index (χ4v) is 10.8. The average Bonchev–Trinajstić information content (AvgIpc) is 3.09. The molecule has 1 unspecified atom stereocenters. The highest BCUT2D eigenvalue weighted by atomic mass is 16.3. The van der Waals surface area contributed by atoms with E-state index in [2.05, 4.69) is 27.7 Å². The quantitative estimate of drug-likeness (QED) is 0.617. The number of aliphatic hydroxyl groups is 1. The van der Waals surface area contributed by atoms with E-state index >= 15 is 0 Å². The molecule has 4 saturated carbocycles. The number of hydrogen-bond acceptors (Lipinski definition) is 2. The molecule has 0 aromatic heterocycles. The lowest BCUT2D eigenvalue weighted by atomic mass is 9.51. The van der Waals surface area contributed by atoms with Crippen LogP contribution in [-0.4, -0.2) is 35.6 Å². The van der Waals surface area contributed by atoms with Gasteiger partial charge in [0.2, 0.25) is 0 Å². The summed E-state index contributed by atoms with van der Waals surface area (Å²) in [6.45, 7) is 12.0. The lowest BCUT2D eigenvalue weighted by Gasteiger charge is -2.57. The minimum Gasteiger partial charge on any atom is -0.384 e. The van der Waals surface area contributed by atoms with Gasteiger partial charge in [0.1, 0.15) is 17.4 Å². The molecular formula is C28H46NO2+. The molecule has 0 aromatic rings. The first-order valence-electron chi connectivity index (χ1n) is 13.8. The molecule has 2 N–H and O–H groups in total. The predicted molar refractivity (Wildman–Crippen MR) is 123 cm³/mol. The Balaban J connectivity index is 1.31. The first-order chi connectivity index (χ1) is 14.7. The number of rotatable bonds is 0. The minimum absolute atomic E-state index is 0.256. The Kier molecular flexibility index (Phi) is 4.81. The number of hydrogen-bond donors (Lipinski definition) is 2. The van der Waals surface area contributed by atoms with E-state index in [0.717, 1.165) is 42.4 Å². The number of quaternary nitrogens is 1. The molecule has 2 heterocycles. The van der Waals surface area contributed by atoms with Gasteiger partial charge in [-0.25, -0.2) is 0 Å². The van der Waals surface area contributed by atoms with Crippen molar-refractivity contribution in [1.29, 1.82) is 0 Å². The minimum atomic E-state index is -0.500. The van der Waals surface area contributed by atoms with Crippen LogP contribution in [0.3, 0.4) is 0 Å². The molecule has 4 aliphatic carbocycles. The van der Waals surface area contributed by atoms with Gasteiger partial charge in [-0.2, -0.15) is 0 Å². The van der Waals surface area contributed by atoms with Gasteiger partial charge in [0, 0.05) is 36.5 Å². The van der Waals surface area contributed by atoms with E-state index in [9.17, 15) is 9.90 Å². The Morgan fingerprint density at radius 2 is 1.65 bits per heavy atom. The maximum absolute atomic E-state index is 13.4.